The molecular weight excluding hydrogens is 248 g/mol. The Labute approximate surface area is 121 Å². The lowest BCUT2D eigenvalue weighted by Gasteiger charge is -2.10. The molecule has 0 radical (unpaired) electrons. The van der Waals surface area contributed by atoms with Gasteiger partial charge in [-0.3, -0.25) is 0 Å². The molecule has 3 nitrogen and oxygen atoms in total. The number of aromatic nitrogens is 1. The van der Waals surface area contributed by atoms with Crippen molar-refractivity contribution >= 4 is 0 Å². The van der Waals surface area contributed by atoms with Crippen LogP contribution in [0.1, 0.15) is 31.9 Å². The van der Waals surface area contributed by atoms with Gasteiger partial charge in [0, 0.05) is 24.8 Å². The lowest BCUT2D eigenvalue weighted by Crippen LogP contribution is -2.21. The minimum absolute atomic E-state index is 0.467. The van der Waals surface area contributed by atoms with Crippen LogP contribution in [-0.4, -0.2) is 11.0 Å². The zero-order valence-electron chi connectivity index (χ0n) is 12.4. The highest BCUT2D eigenvalue weighted by Gasteiger charge is 2.01. The maximum Gasteiger partial charge on any atom is 0.219 e. The van der Waals surface area contributed by atoms with E-state index < -0.39 is 0 Å². The first-order chi connectivity index (χ1) is 9.67. The molecule has 0 aliphatic heterocycles. The maximum atomic E-state index is 5.79. The second-order valence-electron chi connectivity index (χ2n) is 5.14. The SMILES string of the molecule is CCc1ccc(Oc2cc(CNC(C)C)ccn2)cc1. The van der Waals surface area contributed by atoms with E-state index in [0.717, 1.165) is 18.7 Å². The van der Waals surface area contributed by atoms with Crippen LogP contribution in [0.3, 0.4) is 0 Å². The van der Waals surface area contributed by atoms with Crippen molar-refractivity contribution in [2.75, 3.05) is 0 Å². The lowest BCUT2D eigenvalue weighted by atomic mass is 10.2. The van der Waals surface area contributed by atoms with Crippen molar-refractivity contribution in [3.63, 3.8) is 0 Å². The second-order valence-corrected chi connectivity index (χ2v) is 5.14. The van der Waals surface area contributed by atoms with Crippen LogP contribution in [0.15, 0.2) is 42.6 Å². The molecule has 0 bridgehead atoms. The summed E-state index contributed by atoms with van der Waals surface area (Å²) in [5, 5.41) is 3.38. The molecule has 1 heterocycles. The van der Waals surface area contributed by atoms with Crippen molar-refractivity contribution in [2.24, 2.45) is 0 Å². The van der Waals surface area contributed by atoms with Crippen molar-refractivity contribution in [1.82, 2.24) is 10.3 Å². The number of nitrogens with one attached hydrogen (secondary N) is 1. The van der Waals surface area contributed by atoms with E-state index in [1.54, 1.807) is 6.20 Å². The highest BCUT2D eigenvalue weighted by atomic mass is 16.5. The average molecular weight is 270 g/mol. The number of ether oxygens (including phenoxy) is 1. The normalized spacial score (nSPS) is 10.8. The quantitative estimate of drug-likeness (QED) is 0.863. The van der Waals surface area contributed by atoms with Gasteiger partial charge < -0.3 is 10.1 Å². The molecule has 1 aromatic carbocycles. The first-order valence-electron chi connectivity index (χ1n) is 7.12. The summed E-state index contributed by atoms with van der Waals surface area (Å²) in [7, 11) is 0. The summed E-state index contributed by atoms with van der Waals surface area (Å²) in [5.74, 6) is 1.46. The van der Waals surface area contributed by atoms with Crippen LogP contribution in [0.5, 0.6) is 11.6 Å². The van der Waals surface area contributed by atoms with Crippen LogP contribution in [0.25, 0.3) is 0 Å². The van der Waals surface area contributed by atoms with Gasteiger partial charge in [-0.05, 0) is 35.7 Å². The van der Waals surface area contributed by atoms with Crippen molar-refractivity contribution in [3.05, 3.63) is 53.7 Å². The fourth-order valence-electron chi connectivity index (χ4n) is 1.85. The van der Waals surface area contributed by atoms with Gasteiger partial charge in [-0.15, -0.1) is 0 Å². The number of rotatable bonds is 6. The van der Waals surface area contributed by atoms with Gasteiger partial charge in [-0.25, -0.2) is 4.98 Å². The highest BCUT2D eigenvalue weighted by Crippen LogP contribution is 2.20. The van der Waals surface area contributed by atoms with Gasteiger partial charge in [-0.2, -0.15) is 0 Å². The molecular formula is C17H22N2O. The molecule has 20 heavy (non-hydrogen) atoms. The highest BCUT2D eigenvalue weighted by molar-refractivity contribution is 5.31. The average Bonchev–Trinajstić information content (AvgIpc) is 2.46. The molecule has 0 amide bonds. The Balaban J connectivity index is 2.02. The van der Waals surface area contributed by atoms with Crippen molar-refractivity contribution in [2.45, 2.75) is 39.8 Å². The predicted molar refractivity (Wildman–Crippen MR) is 82.1 cm³/mol. The fourth-order valence-corrected chi connectivity index (χ4v) is 1.85. The van der Waals surface area contributed by atoms with Gasteiger partial charge in [0.05, 0.1) is 0 Å². The molecule has 0 unspecified atom stereocenters. The van der Waals surface area contributed by atoms with Crippen molar-refractivity contribution in [3.8, 4) is 11.6 Å². The maximum absolute atomic E-state index is 5.79. The third-order valence-electron chi connectivity index (χ3n) is 3.07. The van der Waals surface area contributed by atoms with E-state index in [1.807, 2.05) is 24.3 Å². The number of benzene rings is 1. The fraction of sp³-hybridized carbons (Fsp3) is 0.353. The standard InChI is InChI=1S/C17H22N2O/c1-4-14-5-7-16(8-6-14)20-17-11-15(9-10-18-17)12-19-13(2)3/h5-11,13,19H,4,12H2,1-3H3. The summed E-state index contributed by atoms with van der Waals surface area (Å²) >= 11 is 0. The van der Waals surface area contributed by atoms with E-state index in [-0.39, 0.29) is 0 Å². The van der Waals surface area contributed by atoms with E-state index in [4.69, 9.17) is 4.74 Å². The molecule has 0 saturated carbocycles. The number of hydrogen-bond donors (Lipinski definition) is 1. The molecule has 0 spiro atoms. The minimum atomic E-state index is 0.467. The number of nitrogens with zero attached hydrogens (tertiary/aromatic N) is 1. The van der Waals surface area contributed by atoms with Crippen LogP contribution in [0, 0.1) is 0 Å². The van der Waals surface area contributed by atoms with E-state index in [2.05, 4.69) is 43.2 Å². The number of pyridine rings is 1. The Morgan fingerprint density at radius 1 is 1.10 bits per heavy atom. The lowest BCUT2D eigenvalue weighted by molar-refractivity contribution is 0.461. The van der Waals surface area contributed by atoms with E-state index >= 15 is 0 Å². The predicted octanol–water partition coefficient (Wildman–Crippen LogP) is 3.93. The van der Waals surface area contributed by atoms with Gasteiger partial charge in [0.2, 0.25) is 5.88 Å². The van der Waals surface area contributed by atoms with Crippen LogP contribution < -0.4 is 10.1 Å². The molecule has 0 fully saturated rings. The van der Waals surface area contributed by atoms with E-state index in [0.29, 0.717) is 11.9 Å². The molecule has 0 saturated heterocycles. The van der Waals surface area contributed by atoms with Crippen LogP contribution in [-0.2, 0) is 13.0 Å². The van der Waals surface area contributed by atoms with Crippen LogP contribution in [0.4, 0.5) is 0 Å². The smallest absolute Gasteiger partial charge is 0.219 e. The Morgan fingerprint density at radius 2 is 1.85 bits per heavy atom. The Kier molecular flexibility index (Phi) is 5.13. The molecule has 1 N–H and O–H groups in total. The molecule has 0 aliphatic rings. The van der Waals surface area contributed by atoms with Gasteiger partial charge >= 0.3 is 0 Å². The summed E-state index contributed by atoms with van der Waals surface area (Å²) in [6, 6.07) is 12.6. The molecule has 0 atom stereocenters. The summed E-state index contributed by atoms with van der Waals surface area (Å²) in [6.07, 6.45) is 2.82. The molecule has 2 rings (SSSR count). The van der Waals surface area contributed by atoms with Crippen molar-refractivity contribution < 1.29 is 4.74 Å². The Morgan fingerprint density at radius 3 is 2.50 bits per heavy atom. The Bertz CT molecular complexity index is 535. The minimum Gasteiger partial charge on any atom is -0.439 e. The zero-order chi connectivity index (χ0) is 14.4. The molecule has 1 aromatic heterocycles. The van der Waals surface area contributed by atoms with Gasteiger partial charge in [0.1, 0.15) is 5.75 Å². The molecule has 106 valence electrons. The molecule has 2 aromatic rings. The van der Waals surface area contributed by atoms with Crippen molar-refractivity contribution in [1.29, 1.82) is 0 Å². The summed E-state index contributed by atoms with van der Waals surface area (Å²) < 4.78 is 5.79. The van der Waals surface area contributed by atoms with E-state index in [9.17, 15) is 0 Å². The first-order valence-corrected chi connectivity index (χ1v) is 7.12. The van der Waals surface area contributed by atoms with Gasteiger partial charge in [0.25, 0.3) is 0 Å². The van der Waals surface area contributed by atoms with E-state index in [1.165, 1.54) is 11.1 Å². The van der Waals surface area contributed by atoms with Crippen LogP contribution >= 0.6 is 0 Å². The first kappa shape index (κ1) is 14.5. The third-order valence-corrected chi connectivity index (χ3v) is 3.07. The van der Waals surface area contributed by atoms with Gasteiger partial charge in [0.15, 0.2) is 0 Å². The number of hydrogen-bond acceptors (Lipinski definition) is 3. The third kappa shape index (κ3) is 4.35. The second kappa shape index (κ2) is 7.06. The van der Waals surface area contributed by atoms with Gasteiger partial charge in [-0.1, -0.05) is 32.9 Å². The van der Waals surface area contributed by atoms with Crippen LogP contribution in [0.2, 0.25) is 0 Å². The summed E-state index contributed by atoms with van der Waals surface area (Å²) in [5.41, 5.74) is 2.48. The topological polar surface area (TPSA) is 34.1 Å². The summed E-state index contributed by atoms with van der Waals surface area (Å²) in [4.78, 5) is 4.25. The molecule has 0 aliphatic carbocycles. The zero-order valence-corrected chi connectivity index (χ0v) is 12.4. The monoisotopic (exact) mass is 270 g/mol. The Hall–Kier alpha value is -1.87. The molecule has 3 heteroatoms. The summed E-state index contributed by atoms with van der Waals surface area (Å²) in [6.45, 7) is 7.23. The largest absolute Gasteiger partial charge is 0.439 e. The number of aryl methyl sites for hydroxylation is 1.